The molecule has 0 aliphatic heterocycles. The molecule has 0 fully saturated rings. The first-order chi connectivity index (χ1) is 30.2. The Bertz CT molecular complexity index is 989. The van der Waals surface area contributed by atoms with Gasteiger partial charge in [-0.05, 0) is 23.8 Å². The number of rotatable bonds is 3. The van der Waals surface area contributed by atoms with E-state index in [-0.39, 0.29) is 0 Å². The zero-order valence-electron chi connectivity index (χ0n) is 33.6. The third kappa shape index (κ3) is 214. The van der Waals surface area contributed by atoms with Crippen LogP contribution in [0, 0.1) is 0 Å². The number of hydrogen-bond donors (Lipinski definition) is 36. The van der Waals surface area contributed by atoms with E-state index in [1.54, 1.807) is 0 Å². The maximum atomic E-state index is 7.17. The van der Waals surface area contributed by atoms with Gasteiger partial charge in [0.2, 0.25) is 0 Å². The molecule has 0 atom stereocenters. The van der Waals surface area contributed by atoms with Crippen molar-refractivity contribution in [3.05, 3.63) is 91.0 Å². The van der Waals surface area contributed by atoms with Crippen LogP contribution in [-0.4, -0.2) is 269 Å². The summed E-state index contributed by atoms with van der Waals surface area (Å²) in [5, 5.41) is 262. The number of benzene rings is 3. The van der Waals surface area contributed by atoms with Crippen LogP contribution in [0.15, 0.2) is 91.0 Å². The monoisotopic (exact) mass is 1010 g/mol. The zero-order valence-corrected chi connectivity index (χ0v) is 34.5. The maximum absolute atomic E-state index is 7.17. The van der Waals surface area contributed by atoms with Crippen molar-refractivity contribution in [3.63, 3.8) is 0 Å². The standard InChI is InChI=1S/C18H15P.12BH3O3/c1-4-10-16(11-5-1)19(17-12-6-2-7-13-17)18-14-8-3-9-15-18;12*2-1(3)4/h1-15H;12*2-4H. The topological polar surface area (TPSA) is 728 Å². The summed E-state index contributed by atoms with van der Waals surface area (Å²) in [6.45, 7) is 0. The van der Waals surface area contributed by atoms with E-state index in [1.165, 1.54) is 15.9 Å². The van der Waals surface area contributed by atoms with Crippen molar-refractivity contribution >= 4 is 112 Å². The maximum Gasteiger partial charge on any atom is 0.631 e. The van der Waals surface area contributed by atoms with Gasteiger partial charge < -0.3 is 181 Å². The Morgan fingerprint density at radius 1 is 0.164 bits per heavy atom. The third-order valence-corrected chi connectivity index (χ3v) is 5.49. The first-order valence-electron chi connectivity index (χ1n) is 15.7. The van der Waals surface area contributed by atoms with Gasteiger partial charge in [0.1, 0.15) is 0 Å². The van der Waals surface area contributed by atoms with Gasteiger partial charge in [-0.3, -0.25) is 0 Å². The lowest BCUT2D eigenvalue weighted by atomic mass is 10.3. The van der Waals surface area contributed by atoms with E-state index in [0.717, 1.165) is 0 Å². The van der Waals surface area contributed by atoms with E-state index >= 15 is 0 Å². The molecule has 67 heavy (non-hydrogen) atoms. The molecule has 0 heterocycles. The Labute approximate surface area is 383 Å². The van der Waals surface area contributed by atoms with Gasteiger partial charge in [0.15, 0.2) is 0 Å². The van der Waals surface area contributed by atoms with Gasteiger partial charge in [-0.2, -0.15) is 0 Å². The highest BCUT2D eigenvalue weighted by Crippen LogP contribution is 2.32. The highest BCUT2D eigenvalue weighted by Gasteiger charge is 2.15. The van der Waals surface area contributed by atoms with Crippen molar-refractivity contribution in [1.29, 1.82) is 0 Å². The van der Waals surface area contributed by atoms with Crippen molar-refractivity contribution < 1.29 is 181 Å². The predicted molar refractivity (Wildman–Crippen MR) is 234 cm³/mol. The summed E-state index contributed by atoms with van der Waals surface area (Å²) in [6.07, 6.45) is 0. The van der Waals surface area contributed by atoms with Gasteiger partial charge in [0, 0.05) is 0 Å². The van der Waals surface area contributed by atoms with Crippen LogP contribution in [0.4, 0.5) is 0 Å². The summed E-state index contributed by atoms with van der Waals surface area (Å²) in [5.41, 5.74) is 0. The van der Waals surface area contributed by atoms with Gasteiger partial charge in [0.05, 0.1) is 0 Å². The summed E-state index contributed by atoms with van der Waals surface area (Å²) in [7, 11) is -26.4. The summed E-state index contributed by atoms with van der Waals surface area (Å²) in [4.78, 5) is 0. The minimum Gasteiger partial charge on any atom is -0.402 e. The highest BCUT2D eigenvalue weighted by molar-refractivity contribution is 7.79. The van der Waals surface area contributed by atoms with E-state index in [0.29, 0.717) is 0 Å². The van der Waals surface area contributed by atoms with Crippen molar-refractivity contribution in [2.75, 3.05) is 0 Å². The molecule has 36 N–H and O–H groups in total. The third-order valence-electron chi connectivity index (χ3n) is 3.04. The van der Waals surface area contributed by atoms with Crippen molar-refractivity contribution in [2.45, 2.75) is 0 Å². The first-order valence-corrected chi connectivity index (χ1v) is 17.0. The van der Waals surface area contributed by atoms with Gasteiger partial charge in [-0.25, -0.2) is 0 Å². The fraction of sp³-hybridized carbons (Fsp3) is 0. The SMILES string of the molecule is OB(O)O.OB(O)O.OB(O)O.OB(O)O.OB(O)O.OB(O)O.OB(O)O.OB(O)O.OB(O)O.OB(O)O.OB(O)O.OB(O)O.c1ccc(P(c2ccccc2)c2ccccc2)cc1. The van der Waals surface area contributed by atoms with Crippen molar-refractivity contribution in [2.24, 2.45) is 0 Å². The van der Waals surface area contributed by atoms with Crippen LogP contribution in [0.2, 0.25) is 0 Å². The molecule has 0 amide bonds. The predicted octanol–water partition coefficient (Wildman–Crippen LogP) is -21.2. The molecule has 49 heteroatoms. The smallest absolute Gasteiger partial charge is 0.402 e. The molecule has 0 aromatic heterocycles. The molecule has 380 valence electrons. The van der Waals surface area contributed by atoms with Crippen LogP contribution in [0.3, 0.4) is 0 Å². The van der Waals surface area contributed by atoms with E-state index in [1.807, 2.05) is 0 Å². The molecule has 0 unspecified atom stereocenters. The molecule has 0 aliphatic carbocycles. The Balaban J connectivity index is -0.0000000719. The van der Waals surface area contributed by atoms with Crippen LogP contribution in [0.5, 0.6) is 0 Å². The molecule has 0 spiro atoms. The lowest BCUT2D eigenvalue weighted by Gasteiger charge is -2.18. The summed E-state index contributed by atoms with van der Waals surface area (Å²) < 4.78 is 0. The second-order valence-electron chi connectivity index (χ2n) is 8.50. The Morgan fingerprint density at radius 2 is 0.239 bits per heavy atom. The molecule has 3 rings (SSSR count). The Morgan fingerprint density at radius 3 is 0.313 bits per heavy atom. The second-order valence-corrected chi connectivity index (χ2v) is 10.7. The molecule has 3 aromatic carbocycles. The van der Waals surface area contributed by atoms with Crippen molar-refractivity contribution in [1.82, 2.24) is 0 Å². The lowest BCUT2D eigenvalue weighted by molar-refractivity contribution is 0.276. The molecule has 0 saturated heterocycles. The number of hydrogen-bond acceptors (Lipinski definition) is 36. The van der Waals surface area contributed by atoms with Crippen LogP contribution >= 0.6 is 7.92 Å². The highest BCUT2D eigenvalue weighted by atomic mass is 31.1. The summed E-state index contributed by atoms with van der Waals surface area (Å²) in [6, 6.07) is 32.3. The van der Waals surface area contributed by atoms with E-state index < -0.39 is 95.8 Å². The van der Waals surface area contributed by atoms with Crippen LogP contribution in [-0.2, 0) is 0 Å². The van der Waals surface area contributed by atoms with Crippen molar-refractivity contribution in [3.8, 4) is 0 Å². The molecule has 0 bridgehead atoms. The second kappa shape index (κ2) is 67.7. The minimum absolute atomic E-state index is 0.446. The largest absolute Gasteiger partial charge is 0.631 e. The lowest BCUT2D eigenvalue weighted by Crippen LogP contribution is -2.20. The molecule has 3 aromatic rings. The molecule has 36 nitrogen and oxygen atoms in total. The van der Waals surface area contributed by atoms with Gasteiger partial charge >= 0.3 is 87.9 Å². The molecule has 0 saturated carbocycles. The van der Waals surface area contributed by atoms with Gasteiger partial charge in [0.25, 0.3) is 0 Å². The van der Waals surface area contributed by atoms with E-state index in [9.17, 15) is 0 Å². The average Bonchev–Trinajstić information content (AvgIpc) is 3.07. The quantitative estimate of drug-likeness (QED) is 0.0856. The van der Waals surface area contributed by atoms with Crippen LogP contribution < -0.4 is 15.9 Å². The molecular weight excluding hydrogens is 953 g/mol. The fourth-order valence-electron chi connectivity index (χ4n) is 2.18. The molecular formula is C18H51B12O36P. The average molecular weight is 1000 g/mol. The zero-order chi connectivity index (χ0) is 55.8. The normalized spacial score (nSPS) is 7.84. The van der Waals surface area contributed by atoms with Crippen LogP contribution in [0.25, 0.3) is 0 Å². The fourth-order valence-corrected chi connectivity index (χ4v) is 4.48. The van der Waals surface area contributed by atoms with E-state index in [4.69, 9.17) is 181 Å². The van der Waals surface area contributed by atoms with Gasteiger partial charge in [-0.1, -0.05) is 91.0 Å². The first kappa shape index (κ1) is 87.5. The minimum atomic E-state index is -2.17. The Hall–Kier alpha value is -2.57. The summed E-state index contributed by atoms with van der Waals surface area (Å²) >= 11 is 0. The molecule has 0 aliphatic rings. The van der Waals surface area contributed by atoms with Crippen LogP contribution in [0.1, 0.15) is 0 Å². The van der Waals surface area contributed by atoms with Gasteiger partial charge in [-0.15, -0.1) is 0 Å². The molecule has 0 radical (unpaired) electrons. The van der Waals surface area contributed by atoms with E-state index in [2.05, 4.69) is 91.0 Å². The Kier molecular flexibility index (Phi) is 88.4. The summed E-state index contributed by atoms with van der Waals surface area (Å²) in [5.74, 6) is 0.